The molecule has 0 aromatic heterocycles. The molecule has 11 heteroatoms. The number of ether oxygens (including phenoxy) is 3. The first-order valence-corrected chi connectivity index (χ1v) is 36.1. The van der Waals surface area contributed by atoms with Crippen LogP contribution in [0.1, 0.15) is 335 Å². The van der Waals surface area contributed by atoms with Gasteiger partial charge in [0.15, 0.2) is 6.29 Å². The Labute approximate surface area is 522 Å². The summed E-state index contributed by atoms with van der Waals surface area (Å²) in [6.45, 7) is 4.29. The number of hydrogen-bond donors (Lipinski definition) is 6. The third-order valence-electron chi connectivity index (χ3n) is 16.8. The van der Waals surface area contributed by atoms with Gasteiger partial charge in [-0.3, -0.25) is 9.59 Å². The average molecular weight is 1200 g/mol. The first-order chi connectivity index (χ1) is 41.7. The van der Waals surface area contributed by atoms with Gasteiger partial charge in [-0.25, -0.2) is 0 Å². The number of aliphatic hydroxyl groups excluding tert-OH is 5. The minimum Gasteiger partial charge on any atom is -0.466 e. The number of amides is 1. The Morgan fingerprint density at radius 2 is 0.800 bits per heavy atom. The Hall–Kier alpha value is -2.64. The van der Waals surface area contributed by atoms with E-state index in [1.54, 1.807) is 6.08 Å². The van der Waals surface area contributed by atoms with Crippen LogP contribution in [-0.2, 0) is 23.8 Å². The molecule has 1 saturated heterocycles. The van der Waals surface area contributed by atoms with Gasteiger partial charge in [0.25, 0.3) is 0 Å². The van der Waals surface area contributed by atoms with Crippen molar-refractivity contribution in [3.8, 4) is 0 Å². The fourth-order valence-electron chi connectivity index (χ4n) is 11.1. The first-order valence-electron chi connectivity index (χ1n) is 36.1. The van der Waals surface area contributed by atoms with Crippen molar-refractivity contribution < 1.29 is 49.3 Å². The third kappa shape index (κ3) is 51.9. The first kappa shape index (κ1) is 80.4. The normalized spacial score (nSPS) is 18.3. The van der Waals surface area contributed by atoms with E-state index in [-0.39, 0.29) is 18.5 Å². The number of carbonyl (C=O) groups is 2. The summed E-state index contributed by atoms with van der Waals surface area (Å²) in [7, 11) is 0. The van der Waals surface area contributed by atoms with Gasteiger partial charge in [0.2, 0.25) is 5.91 Å². The Balaban J connectivity index is 1.91. The quantitative estimate of drug-likeness (QED) is 0.0195. The second kappa shape index (κ2) is 62.9. The SMILES string of the molecule is CCCCC/C=C/CC/C=C/C(O)C(COC1OC(CO)C(O)C(O)C1O)NC(=O)CCCCCCCCCCCCCCCCCCC/C=C\C/C=C\CCCCCCCCCCCOC(=O)CCCCCCC/C=C\CCCCCCCC. The van der Waals surface area contributed by atoms with E-state index in [0.717, 1.165) is 64.2 Å². The van der Waals surface area contributed by atoms with Gasteiger partial charge in [-0.2, -0.15) is 0 Å². The van der Waals surface area contributed by atoms with Gasteiger partial charge in [0, 0.05) is 12.8 Å². The van der Waals surface area contributed by atoms with Gasteiger partial charge < -0.3 is 45.1 Å². The zero-order valence-corrected chi connectivity index (χ0v) is 55.1. The van der Waals surface area contributed by atoms with Crippen molar-refractivity contribution >= 4 is 11.9 Å². The van der Waals surface area contributed by atoms with Crippen LogP contribution in [0.25, 0.3) is 0 Å². The van der Waals surface area contributed by atoms with Gasteiger partial charge in [-0.1, -0.05) is 280 Å². The monoisotopic (exact) mass is 1200 g/mol. The predicted octanol–water partition coefficient (Wildman–Crippen LogP) is 18.5. The molecule has 7 atom stereocenters. The molecule has 0 aromatic rings. The number of esters is 1. The van der Waals surface area contributed by atoms with Crippen molar-refractivity contribution in [2.75, 3.05) is 19.8 Å². The zero-order valence-electron chi connectivity index (χ0n) is 55.1. The van der Waals surface area contributed by atoms with Gasteiger partial charge in [-0.05, 0) is 103 Å². The maximum atomic E-state index is 13.0. The lowest BCUT2D eigenvalue weighted by atomic mass is 9.99. The molecule has 0 radical (unpaired) electrons. The average Bonchev–Trinajstić information content (AvgIpc) is 3.62. The lowest BCUT2D eigenvalue weighted by Gasteiger charge is -2.40. The van der Waals surface area contributed by atoms with Crippen LogP contribution >= 0.6 is 0 Å². The lowest BCUT2D eigenvalue weighted by Crippen LogP contribution is -2.60. The molecule has 0 aromatic carbocycles. The summed E-state index contributed by atoms with van der Waals surface area (Å²) in [5.41, 5.74) is 0. The molecule has 0 bridgehead atoms. The Morgan fingerprint density at radius 3 is 1.26 bits per heavy atom. The molecule has 11 nitrogen and oxygen atoms in total. The van der Waals surface area contributed by atoms with E-state index in [9.17, 15) is 35.1 Å². The molecular weight excluding hydrogens is 1060 g/mol. The number of allylic oxidation sites excluding steroid dienone is 9. The molecule has 0 spiro atoms. The van der Waals surface area contributed by atoms with E-state index in [2.05, 4.69) is 67.8 Å². The minimum absolute atomic E-state index is 0.00145. The second-order valence-corrected chi connectivity index (χ2v) is 24.9. The Kier molecular flexibility index (Phi) is 59.5. The molecule has 1 fully saturated rings. The van der Waals surface area contributed by atoms with Crippen LogP contribution in [0.5, 0.6) is 0 Å². The zero-order chi connectivity index (χ0) is 61.6. The highest BCUT2D eigenvalue weighted by Crippen LogP contribution is 2.23. The van der Waals surface area contributed by atoms with Crippen LogP contribution in [0.3, 0.4) is 0 Å². The second-order valence-electron chi connectivity index (χ2n) is 24.9. The fraction of sp³-hybridized carbons (Fsp3) is 0.838. The molecule has 85 heavy (non-hydrogen) atoms. The Bertz CT molecular complexity index is 1600. The molecule has 1 amide bonds. The highest BCUT2D eigenvalue weighted by Gasteiger charge is 2.44. The molecule has 0 aliphatic carbocycles. The molecule has 1 rings (SSSR count). The van der Waals surface area contributed by atoms with E-state index in [0.29, 0.717) is 19.4 Å². The number of rotatable bonds is 63. The summed E-state index contributed by atoms with van der Waals surface area (Å²) in [5.74, 6) is -0.194. The van der Waals surface area contributed by atoms with Crippen LogP contribution in [0.4, 0.5) is 0 Å². The maximum absolute atomic E-state index is 13.0. The van der Waals surface area contributed by atoms with Crippen molar-refractivity contribution in [2.24, 2.45) is 0 Å². The number of nitrogens with one attached hydrogen (secondary N) is 1. The van der Waals surface area contributed by atoms with E-state index in [1.807, 2.05) is 6.08 Å². The fourth-order valence-corrected chi connectivity index (χ4v) is 11.1. The molecule has 7 unspecified atom stereocenters. The van der Waals surface area contributed by atoms with Crippen molar-refractivity contribution in [3.05, 3.63) is 60.8 Å². The highest BCUT2D eigenvalue weighted by atomic mass is 16.7. The standard InChI is InChI=1S/C74H135NO10/c1-3-5-7-9-11-13-14-15-35-39-42-46-50-54-58-62-70(79)83-63-59-55-51-47-43-40-37-34-32-30-28-26-24-22-20-18-16-17-19-21-23-25-27-29-31-33-36-38-41-45-49-53-57-61-69(78)75-66(67(77)60-56-52-48-44-12-10-8-6-4-2)65-84-74-73(82)72(81)71(80)68(64-76)85-74/h12,15,20,22,26,28,35,44,56,60,66-68,71-74,76-77,80-82H,3-11,13-14,16-19,21,23-25,27,29-34,36-43,45-55,57-59,61-65H2,1-2H3,(H,75,78)/b22-20-,28-26-,35-15-,44-12+,60-56+. The largest absolute Gasteiger partial charge is 0.466 e. The molecule has 1 heterocycles. The summed E-state index contributed by atoms with van der Waals surface area (Å²) in [6.07, 6.45) is 73.9. The highest BCUT2D eigenvalue weighted by molar-refractivity contribution is 5.76. The van der Waals surface area contributed by atoms with E-state index in [4.69, 9.17) is 14.2 Å². The van der Waals surface area contributed by atoms with Crippen LogP contribution in [0.2, 0.25) is 0 Å². The molecule has 6 N–H and O–H groups in total. The van der Waals surface area contributed by atoms with Crippen molar-refractivity contribution in [1.82, 2.24) is 5.32 Å². The molecule has 0 saturated carbocycles. The van der Waals surface area contributed by atoms with Crippen molar-refractivity contribution in [1.29, 1.82) is 0 Å². The van der Waals surface area contributed by atoms with Crippen LogP contribution < -0.4 is 5.32 Å². The Morgan fingerprint density at radius 1 is 0.435 bits per heavy atom. The van der Waals surface area contributed by atoms with Gasteiger partial charge in [0.1, 0.15) is 24.4 Å². The lowest BCUT2D eigenvalue weighted by molar-refractivity contribution is -0.302. The van der Waals surface area contributed by atoms with Gasteiger partial charge >= 0.3 is 5.97 Å². The van der Waals surface area contributed by atoms with E-state index >= 15 is 0 Å². The van der Waals surface area contributed by atoms with Crippen LogP contribution in [0.15, 0.2) is 60.8 Å². The maximum Gasteiger partial charge on any atom is 0.305 e. The topological polar surface area (TPSA) is 175 Å². The van der Waals surface area contributed by atoms with Crippen LogP contribution in [-0.4, -0.2) is 100 Å². The smallest absolute Gasteiger partial charge is 0.305 e. The molecule has 1 aliphatic heterocycles. The summed E-state index contributed by atoms with van der Waals surface area (Å²) >= 11 is 0. The minimum atomic E-state index is -1.58. The van der Waals surface area contributed by atoms with Crippen molar-refractivity contribution in [2.45, 2.75) is 378 Å². The molecular formula is C74H135NO10. The summed E-state index contributed by atoms with van der Waals surface area (Å²) in [4.78, 5) is 25.1. The summed E-state index contributed by atoms with van der Waals surface area (Å²) in [6, 6.07) is -0.826. The summed E-state index contributed by atoms with van der Waals surface area (Å²) < 4.78 is 16.7. The predicted molar refractivity (Wildman–Crippen MR) is 357 cm³/mol. The number of hydrogen-bond acceptors (Lipinski definition) is 10. The van der Waals surface area contributed by atoms with E-state index < -0.39 is 49.5 Å². The molecule has 1 aliphatic rings. The number of aliphatic hydroxyl groups is 5. The summed E-state index contributed by atoms with van der Waals surface area (Å²) in [5, 5.41) is 54.2. The number of unbranched alkanes of at least 4 members (excludes halogenated alkanes) is 41. The van der Waals surface area contributed by atoms with Gasteiger partial charge in [-0.15, -0.1) is 0 Å². The van der Waals surface area contributed by atoms with Gasteiger partial charge in [0.05, 0.1) is 32.0 Å². The van der Waals surface area contributed by atoms with Crippen molar-refractivity contribution in [3.63, 3.8) is 0 Å². The number of carbonyl (C=O) groups excluding carboxylic acids is 2. The molecule has 496 valence electrons. The third-order valence-corrected chi connectivity index (χ3v) is 16.8. The van der Waals surface area contributed by atoms with Crippen LogP contribution in [0, 0.1) is 0 Å². The van der Waals surface area contributed by atoms with E-state index in [1.165, 1.54) is 244 Å².